The summed E-state index contributed by atoms with van der Waals surface area (Å²) in [4.78, 5) is 43.2. The van der Waals surface area contributed by atoms with Gasteiger partial charge in [-0.25, -0.2) is 0 Å². The van der Waals surface area contributed by atoms with Crippen molar-refractivity contribution in [2.24, 2.45) is 17.6 Å². The Morgan fingerprint density at radius 2 is 1.83 bits per heavy atom. The van der Waals surface area contributed by atoms with Gasteiger partial charge in [-0.3, -0.25) is 24.2 Å². The van der Waals surface area contributed by atoms with Gasteiger partial charge in [-0.15, -0.1) is 0 Å². The number of phenols is 1. The van der Waals surface area contributed by atoms with Crippen LogP contribution >= 0.6 is 0 Å². The highest BCUT2D eigenvalue weighted by molar-refractivity contribution is 6.24. The van der Waals surface area contributed by atoms with E-state index < -0.39 is 58.0 Å². The molecule has 2 aromatic rings. The maximum atomic E-state index is 14.0. The third-order valence-electron chi connectivity index (χ3n) is 9.11. The van der Waals surface area contributed by atoms with Gasteiger partial charge in [0.25, 0.3) is 5.91 Å². The normalized spacial score (nSPS) is 28.2. The van der Waals surface area contributed by atoms with Gasteiger partial charge in [-0.2, -0.15) is 0 Å². The Hall–Kier alpha value is -3.93. The number of phenolic OH excluding ortho intramolecular Hbond substituents is 1. The number of hydrogen-bond acceptors (Lipinski definition) is 10. The second-order valence-corrected chi connectivity index (χ2v) is 11.7. The molecule has 11 nitrogen and oxygen atoms in total. The zero-order valence-corrected chi connectivity index (χ0v) is 22.9. The van der Waals surface area contributed by atoms with Crippen molar-refractivity contribution >= 4 is 23.2 Å². The van der Waals surface area contributed by atoms with Gasteiger partial charge in [-0.05, 0) is 88.6 Å². The highest BCUT2D eigenvalue weighted by Crippen LogP contribution is 2.53. The van der Waals surface area contributed by atoms with Crippen LogP contribution in [0.5, 0.6) is 5.75 Å². The number of aromatic hydroxyl groups is 1. The predicted molar refractivity (Wildman–Crippen MR) is 146 cm³/mol. The van der Waals surface area contributed by atoms with Crippen molar-refractivity contribution in [1.82, 2.24) is 9.80 Å². The first-order chi connectivity index (χ1) is 19.4. The fraction of sp³-hybridized carbons (Fsp3) is 0.433. The first-order valence-electron chi connectivity index (χ1n) is 13.8. The summed E-state index contributed by atoms with van der Waals surface area (Å²) < 4.78 is 6.18. The van der Waals surface area contributed by atoms with Crippen LogP contribution in [0.25, 0.3) is 17.1 Å². The SMILES string of the molecule is CN(C)[C@H]1C(=O)C(C(N)=O)=C(O)[C@@]2(O)C(=O)C3=C(O)c4c(O)ccc(-c5ccc(CN6CCCC6)o5)c4C[C@H]3C[C@@H]12. The maximum Gasteiger partial charge on any atom is 0.255 e. The number of carbonyl (C=O) groups excluding carboxylic acids is 3. The van der Waals surface area contributed by atoms with Crippen molar-refractivity contribution in [3.63, 3.8) is 0 Å². The van der Waals surface area contributed by atoms with Crippen molar-refractivity contribution in [2.45, 2.75) is 43.9 Å². The minimum absolute atomic E-state index is 0.0270. The molecule has 2 heterocycles. The summed E-state index contributed by atoms with van der Waals surface area (Å²) in [6.07, 6.45) is 2.53. The minimum Gasteiger partial charge on any atom is -0.508 e. The smallest absolute Gasteiger partial charge is 0.255 e. The molecule has 1 aromatic heterocycles. The molecule has 216 valence electrons. The van der Waals surface area contributed by atoms with Crippen LogP contribution in [-0.2, 0) is 27.3 Å². The number of amides is 1. The van der Waals surface area contributed by atoms with E-state index in [9.17, 15) is 34.8 Å². The molecular weight excluding hydrogens is 530 g/mol. The van der Waals surface area contributed by atoms with Gasteiger partial charge in [0.15, 0.2) is 11.4 Å². The topological polar surface area (TPSA) is 178 Å². The van der Waals surface area contributed by atoms with Gasteiger partial charge >= 0.3 is 0 Å². The molecule has 0 unspecified atom stereocenters. The number of carbonyl (C=O) groups is 3. The summed E-state index contributed by atoms with van der Waals surface area (Å²) in [5.41, 5.74) is 2.95. The number of likely N-dealkylation sites (tertiary alicyclic amines) is 1. The molecule has 0 spiro atoms. The number of nitrogens with two attached hydrogens (primary N) is 1. The number of aliphatic hydroxyl groups is 3. The summed E-state index contributed by atoms with van der Waals surface area (Å²) >= 11 is 0. The first kappa shape index (κ1) is 27.3. The summed E-state index contributed by atoms with van der Waals surface area (Å²) in [6.45, 7) is 2.70. The van der Waals surface area contributed by atoms with E-state index in [0.29, 0.717) is 23.4 Å². The average Bonchev–Trinajstić information content (AvgIpc) is 3.59. The van der Waals surface area contributed by atoms with Crippen LogP contribution in [-0.4, -0.2) is 86.5 Å². The molecule has 0 bridgehead atoms. The number of primary amides is 1. The third kappa shape index (κ3) is 3.94. The lowest BCUT2D eigenvalue weighted by atomic mass is 9.57. The number of furan rings is 1. The second-order valence-electron chi connectivity index (χ2n) is 11.7. The molecule has 4 aliphatic rings. The molecule has 3 aliphatic carbocycles. The predicted octanol–water partition coefficient (Wildman–Crippen LogP) is 1.82. The number of benzene rings is 1. The molecular formula is C30H33N3O8. The molecule has 1 amide bonds. The highest BCUT2D eigenvalue weighted by atomic mass is 16.4. The zero-order valence-electron chi connectivity index (χ0n) is 22.9. The van der Waals surface area contributed by atoms with Crippen LogP contribution in [0.2, 0.25) is 0 Å². The molecule has 0 radical (unpaired) electrons. The Balaban J connectivity index is 1.46. The standard InChI is InChI=1S/C30H33N3O8/c1-32(2)24-18-12-14-11-17-16(20-8-5-15(41-20)13-33-9-3-4-10-33)6-7-19(34)22(17)25(35)21(14)27(37)30(18,40)28(38)23(26(24)36)29(31)39/h5-8,14,18,24,34-35,38,40H,3-4,9-13H2,1-2H3,(H2,31,39)/t14-,18-,24+,30-/m0/s1. The number of rotatable bonds is 5. The highest BCUT2D eigenvalue weighted by Gasteiger charge is 2.64. The molecule has 11 heteroatoms. The van der Waals surface area contributed by atoms with Crippen LogP contribution in [0.15, 0.2) is 45.6 Å². The van der Waals surface area contributed by atoms with Gasteiger partial charge in [0, 0.05) is 17.1 Å². The second kappa shape index (κ2) is 9.57. The van der Waals surface area contributed by atoms with Gasteiger partial charge in [0.2, 0.25) is 5.78 Å². The Morgan fingerprint density at radius 1 is 1.12 bits per heavy atom. The lowest BCUT2D eigenvalue weighted by Gasteiger charge is -2.50. The van der Waals surface area contributed by atoms with Gasteiger partial charge < -0.3 is 30.6 Å². The van der Waals surface area contributed by atoms with E-state index in [1.54, 1.807) is 20.2 Å². The average molecular weight is 564 g/mol. The third-order valence-corrected chi connectivity index (χ3v) is 9.11. The summed E-state index contributed by atoms with van der Waals surface area (Å²) in [6, 6.07) is 5.72. The largest absolute Gasteiger partial charge is 0.508 e. The van der Waals surface area contributed by atoms with E-state index in [1.807, 2.05) is 12.1 Å². The number of aliphatic hydroxyl groups excluding tert-OH is 2. The fourth-order valence-electron chi connectivity index (χ4n) is 7.24. The fourth-order valence-corrected chi connectivity index (χ4v) is 7.24. The van der Waals surface area contributed by atoms with Crippen molar-refractivity contribution in [3.05, 3.63) is 58.1 Å². The van der Waals surface area contributed by atoms with E-state index in [2.05, 4.69) is 4.90 Å². The van der Waals surface area contributed by atoms with Gasteiger partial charge in [-0.1, -0.05) is 0 Å². The number of nitrogens with zero attached hydrogens (tertiary/aromatic N) is 2. The van der Waals surface area contributed by atoms with E-state index in [1.165, 1.54) is 11.0 Å². The molecule has 6 N–H and O–H groups in total. The zero-order chi connectivity index (χ0) is 29.4. The monoisotopic (exact) mass is 563 g/mol. The number of likely N-dealkylation sites (N-methyl/N-ethyl adjacent to an activating group) is 1. The number of ketones is 2. The molecule has 1 aromatic carbocycles. The van der Waals surface area contributed by atoms with Crippen LogP contribution in [0, 0.1) is 11.8 Å². The van der Waals surface area contributed by atoms with Crippen molar-refractivity contribution in [1.29, 1.82) is 0 Å². The van der Waals surface area contributed by atoms with Crippen molar-refractivity contribution < 1.29 is 39.2 Å². The molecule has 41 heavy (non-hydrogen) atoms. The molecule has 1 saturated heterocycles. The molecule has 6 rings (SSSR count). The summed E-state index contributed by atoms with van der Waals surface area (Å²) in [5, 5.41) is 45.0. The number of fused-ring (bicyclic) bond motifs is 3. The Labute approximate surface area is 236 Å². The van der Waals surface area contributed by atoms with Crippen molar-refractivity contribution in [3.8, 4) is 17.1 Å². The van der Waals surface area contributed by atoms with E-state index in [4.69, 9.17) is 10.2 Å². The first-order valence-corrected chi connectivity index (χ1v) is 13.8. The van der Waals surface area contributed by atoms with E-state index >= 15 is 0 Å². The van der Waals surface area contributed by atoms with E-state index in [-0.39, 0.29) is 29.7 Å². The Morgan fingerprint density at radius 3 is 2.49 bits per heavy atom. The van der Waals surface area contributed by atoms with Crippen LogP contribution in [0.3, 0.4) is 0 Å². The van der Waals surface area contributed by atoms with Crippen molar-refractivity contribution in [2.75, 3.05) is 27.2 Å². The lowest BCUT2D eigenvalue weighted by molar-refractivity contribution is -0.153. The summed E-state index contributed by atoms with van der Waals surface area (Å²) in [7, 11) is 3.14. The van der Waals surface area contributed by atoms with E-state index in [0.717, 1.165) is 31.7 Å². The number of hydrogen-bond donors (Lipinski definition) is 5. The lowest BCUT2D eigenvalue weighted by Crippen LogP contribution is -2.65. The van der Waals surface area contributed by atoms with Crippen LogP contribution in [0.4, 0.5) is 0 Å². The molecule has 2 fully saturated rings. The molecule has 1 saturated carbocycles. The maximum absolute atomic E-state index is 14.0. The van der Waals surface area contributed by atoms with Gasteiger partial charge in [0.05, 0.1) is 18.2 Å². The summed E-state index contributed by atoms with van der Waals surface area (Å²) in [5.74, 6) is -5.41. The molecule has 1 aliphatic heterocycles. The minimum atomic E-state index is -2.66. The molecule has 4 atom stereocenters. The van der Waals surface area contributed by atoms with Crippen LogP contribution in [0.1, 0.15) is 36.1 Å². The quantitative estimate of drug-likeness (QED) is 0.337. The van der Waals surface area contributed by atoms with Crippen LogP contribution < -0.4 is 5.73 Å². The van der Waals surface area contributed by atoms with Gasteiger partial charge in [0.1, 0.15) is 34.4 Å². The Kier molecular flexibility index (Phi) is 6.36. The number of Topliss-reactive ketones (excluding diaryl/α,β-unsaturated/α-hetero) is 2. The Bertz CT molecular complexity index is 1550.